The predicted octanol–water partition coefficient (Wildman–Crippen LogP) is 1.52. The molecule has 1 heterocycles. The summed E-state index contributed by atoms with van der Waals surface area (Å²) in [6.07, 6.45) is 5.93. The summed E-state index contributed by atoms with van der Waals surface area (Å²) in [4.78, 5) is 10.8. The Kier molecular flexibility index (Phi) is 2.26. The average Bonchev–Trinajstić information content (AvgIpc) is 2.26. The van der Waals surface area contributed by atoms with Crippen LogP contribution in [0.3, 0.4) is 0 Å². The molecule has 0 aliphatic carbocycles. The van der Waals surface area contributed by atoms with E-state index in [0.717, 1.165) is 11.3 Å². The van der Waals surface area contributed by atoms with Gasteiger partial charge in [-0.2, -0.15) is 0 Å². The number of allylic oxidation sites excluding steroid dienone is 4. The molecule has 1 N–H and O–H groups in total. The molecule has 58 valence electrons. The van der Waals surface area contributed by atoms with Gasteiger partial charge in [-0.1, -0.05) is 24.8 Å². The summed E-state index contributed by atoms with van der Waals surface area (Å²) in [6, 6.07) is 0. The van der Waals surface area contributed by atoms with E-state index in [1.807, 2.05) is 19.1 Å². The second-order valence-electron chi connectivity index (χ2n) is 2.47. The number of hydrogen-bond donors (Lipinski definition) is 1. The first-order chi connectivity index (χ1) is 5.24. The lowest BCUT2D eigenvalue weighted by Crippen LogP contribution is -2.12. The number of carbonyl (C=O) groups excluding carboxylic acids is 1. The van der Waals surface area contributed by atoms with Crippen LogP contribution in [0.15, 0.2) is 36.1 Å². The van der Waals surface area contributed by atoms with Crippen LogP contribution in [0.2, 0.25) is 0 Å². The first kappa shape index (κ1) is 7.79. The molecule has 1 aliphatic rings. The van der Waals surface area contributed by atoms with E-state index in [1.54, 1.807) is 6.08 Å². The van der Waals surface area contributed by atoms with Crippen molar-refractivity contribution in [1.82, 2.24) is 5.32 Å². The second-order valence-corrected chi connectivity index (χ2v) is 2.47. The minimum absolute atomic E-state index is 0.0752. The molecule has 0 unspecified atom stereocenters. The molecule has 0 aromatic heterocycles. The molecule has 2 heteroatoms. The first-order valence-electron chi connectivity index (χ1n) is 3.52. The van der Waals surface area contributed by atoms with Crippen LogP contribution in [-0.2, 0) is 4.79 Å². The molecule has 1 aliphatic heterocycles. The predicted molar refractivity (Wildman–Crippen MR) is 44.8 cm³/mol. The summed E-state index contributed by atoms with van der Waals surface area (Å²) >= 11 is 0. The molecule has 0 spiro atoms. The number of carbonyl (C=O) groups is 1. The van der Waals surface area contributed by atoms with Crippen molar-refractivity contribution in [3.63, 3.8) is 0 Å². The van der Waals surface area contributed by atoms with Gasteiger partial charge in [0.15, 0.2) is 0 Å². The summed E-state index contributed by atoms with van der Waals surface area (Å²) in [5.41, 5.74) is 2.00. The maximum Gasteiger partial charge on any atom is 0.228 e. The van der Waals surface area contributed by atoms with E-state index in [2.05, 4.69) is 11.9 Å². The maximum absolute atomic E-state index is 10.8. The summed E-state index contributed by atoms with van der Waals surface area (Å²) in [6.45, 7) is 5.45. The normalized spacial score (nSPS) is 17.7. The molecule has 0 saturated heterocycles. The molecule has 0 aromatic rings. The van der Waals surface area contributed by atoms with E-state index in [0.29, 0.717) is 6.42 Å². The molecule has 0 fully saturated rings. The first-order valence-corrected chi connectivity index (χ1v) is 3.52. The van der Waals surface area contributed by atoms with Gasteiger partial charge in [-0.15, -0.1) is 0 Å². The quantitative estimate of drug-likeness (QED) is 0.592. The Morgan fingerprint density at radius 3 is 2.82 bits per heavy atom. The highest BCUT2D eigenvalue weighted by atomic mass is 16.1. The van der Waals surface area contributed by atoms with Gasteiger partial charge in [0.25, 0.3) is 0 Å². The second kappa shape index (κ2) is 3.19. The Hall–Kier alpha value is -1.31. The molecule has 1 amide bonds. The van der Waals surface area contributed by atoms with Crippen LogP contribution in [0.1, 0.15) is 13.3 Å². The Balaban J connectivity index is 2.71. The van der Waals surface area contributed by atoms with Gasteiger partial charge >= 0.3 is 0 Å². The Labute approximate surface area is 66.3 Å². The van der Waals surface area contributed by atoms with Crippen LogP contribution >= 0.6 is 0 Å². The zero-order valence-electron chi connectivity index (χ0n) is 6.55. The highest BCUT2D eigenvalue weighted by Crippen LogP contribution is 2.14. The van der Waals surface area contributed by atoms with Crippen molar-refractivity contribution in [3.05, 3.63) is 36.1 Å². The Morgan fingerprint density at radius 1 is 1.64 bits per heavy atom. The highest BCUT2D eigenvalue weighted by Gasteiger charge is 2.14. The number of hydrogen-bond acceptors (Lipinski definition) is 1. The fraction of sp³-hybridized carbons (Fsp3) is 0.222. The van der Waals surface area contributed by atoms with Gasteiger partial charge in [-0.3, -0.25) is 4.79 Å². The van der Waals surface area contributed by atoms with Gasteiger partial charge in [0.1, 0.15) is 0 Å². The largest absolute Gasteiger partial charge is 0.329 e. The lowest BCUT2D eigenvalue weighted by molar-refractivity contribution is -0.118. The topological polar surface area (TPSA) is 29.1 Å². The van der Waals surface area contributed by atoms with Gasteiger partial charge < -0.3 is 5.32 Å². The summed E-state index contributed by atoms with van der Waals surface area (Å²) in [5.74, 6) is 0.0752. The van der Waals surface area contributed by atoms with Crippen molar-refractivity contribution in [2.45, 2.75) is 13.3 Å². The molecule has 1 rings (SSSR count). The molecule has 0 saturated carbocycles. The van der Waals surface area contributed by atoms with Crippen LogP contribution in [0.4, 0.5) is 0 Å². The van der Waals surface area contributed by atoms with E-state index < -0.39 is 0 Å². The fourth-order valence-electron chi connectivity index (χ4n) is 1.01. The van der Waals surface area contributed by atoms with E-state index in [1.165, 1.54) is 0 Å². The van der Waals surface area contributed by atoms with E-state index in [4.69, 9.17) is 0 Å². The van der Waals surface area contributed by atoms with Gasteiger partial charge in [0.05, 0.1) is 6.42 Å². The van der Waals surface area contributed by atoms with Crippen LogP contribution < -0.4 is 5.32 Å². The van der Waals surface area contributed by atoms with E-state index in [9.17, 15) is 4.79 Å². The molecule has 0 bridgehead atoms. The van der Waals surface area contributed by atoms with Crippen molar-refractivity contribution < 1.29 is 4.79 Å². The van der Waals surface area contributed by atoms with Crippen LogP contribution in [0.25, 0.3) is 0 Å². The third-order valence-electron chi connectivity index (χ3n) is 1.59. The van der Waals surface area contributed by atoms with Crippen molar-refractivity contribution >= 4 is 5.91 Å². The van der Waals surface area contributed by atoms with Gasteiger partial charge in [-0.05, 0) is 12.5 Å². The smallest absolute Gasteiger partial charge is 0.228 e. The molecule has 2 nitrogen and oxygen atoms in total. The number of nitrogens with one attached hydrogen (secondary N) is 1. The van der Waals surface area contributed by atoms with Crippen molar-refractivity contribution in [2.24, 2.45) is 0 Å². The van der Waals surface area contributed by atoms with Crippen molar-refractivity contribution in [2.75, 3.05) is 0 Å². The minimum atomic E-state index is 0.0752. The standard InChI is InChI=1S/C9H11NO/c1-3-4-5-8-6-9(11)10-7(8)2/h3-5H,1,6H2,2H3,(H,10,11)/b5-4-. The van der Waals surface area contributed by atoms with Gasteiger partial charge in [-0.25, -0.2) is 0 Å². The van der Waals surface area contributed by atoms with Crippen LogP contribution in [-0.4, -0.2) is 5.91 Å². The van der Waals surface area contributed by atoms with E-state index in [-0.39, 0.29) is 5.91 Å². The summed E-state index contributed by atoms with van der Waals surface area (Å²) < 4.78 is 0. The van der Waals surface area contributed by atoms with Crippen LogP contribution in [0, 0.1) is 0 Å². The molecule has 11 heavy (non-hydrogen) atoms. The zero-order valence-corrected chi connectivity index (χ0v) is 6.55. The number of rotatable bonds is 2. The Morgan fingerprint density at radius 2 is 2.36 bits per heavy atom. The van der Waals surface area contributed by atoms with Crippen molar-refractivity contribution in [3.8, 4) is 0 Å². The molecule has 0 atom stereocenters. The summed E-state index contributed by atoms with van der Waals surface area (Å²) in [5, 5.41) is 2.73. The fourth-order valence-corrected chi connectivity index (χ4v) is 1.01. The molecular weight excluding hydrogens is 138 g/mol. The SMILES string of the molecule is C=C/C=C\C1=C(C)NC(=O)C1. The monoisotopic (exact) mass is 149 g/mol. The molecule has 0 radical (unpaired) electrons. The summed E-state index contributed by atoms with van der Waals surface area (Å²) in [7, 11) is 0. The number of amides is 1. The highest BCUT2D eigenvalue weighted by molar-refractivity contribution is 5.84. The minimum Gasteiger partial charge on any atom is -0.329 e. The van der Waals surface area contributed by atoms with Gasteiger partial charge in [0, 0.05) is 5.70 Å². The third-order valence-corrected chi connectivity index (χ3v) is 1.59. The molecular formula is C9H11NO. The lowest BCUT2D eigenvalue weighted by atomic mass is 10.2. The third kappa shape index (κ3) is 1.80. The zero-order chi connectivity index (χ0) is 8.27. The van der Waals surface area contributed by atoms with Gasteiger partial charge in [0.2, 0.25) is 5.91 Å². The van der Waals surface area contributed by atoms with Crippen molar-refractivity contribution in [1.29, 1.82) is 0 Å². The Bertz CT molecular complexity index is 248. The maximum atomic E-state index is 10.8. The molecule has 0 aromatic carbocycles. The average molecular weight is 149 g/mol. The lowest BCUT2D eigenvalue weighted by Gasteiger charge is -1.91. The van der Waals surface area contributed by atoms with Crippen LogP contribution in [0.5, 0.6) is 0 Å². The van der Waals surface area contributed by atoms with E-state index >= 15 is 0 Å².